The first-order valence-corrected chi connectivity index (χ1v) is 34.7. The zero-order valence-electron chi connectivity index (χ0n) is 62.9. The first-order valence-electron chi connectivity index (χ1n) is 34.7. The van der Waals surface area contributed by atoms with Gasteiger partial charge in [0, 0.05) is 72.4 Å². The van der Waals surface area contributed by atoms with E-state index in [4.69, 9.17) is 0 Å². The third-order valence-electron chi connectivity index (χ3n) is 20.1. The minimum Gasteiger partial charge on any atom is -0.507 e. The Hall–Kier alpha value is -7.15. The molecule has 0 amide bonds. The van der Waals surface area contributed by atoms with Crippen molar-refractivity contribution >= 4 is 0 Å². The number of hydrogen-bond acceptors (Lipinski definition) is 8. The van der Waals surface area contributed by atoms with E-state index in [0.29, 0.717) is 51.4 Å². The first kappa shape index (κ1) is 75.6. The molecule has 0 heterocycles. The molecule has 0 unspecified atom stereocenters. The monoisotopic (exact) mass is 1480 g/mol. The van der Waals surface area contributed by atoms with Gasteiger partial charge < -0.3 is 40.9 Å². The Morgan fingerprint density at radius 2 is 0.216 bits per heavy atom. The van der Waals surface area contributed by atoms with E-state index in [9.17, 15) is 40.9 Å². The van der Waals surface area contributed by atoms with Gasteiger partial charge in [-0.15, -0.1) is 0 Å². The standard InChI is InChI=1S/2C44H56O4.W/c2*1-41(2,3)33-17-25-13-27-19-34(42(4,5)6)21-29(38(27)46)15-31-23-36(44(10,11)12)24-32(40(31)48)16-30-22-35(43(7,8)9)20-28(39(30)47)14-26(18-33)37(25)45;/h2*17-24,45-48H,13-16H2,1-12H3;. The Morgan fingerprint density at radius 1 is 0.155 bits per heavy atom. The van der Waals surface area contributed by atoms with E-state index in [0.717, 1.165) is 134 Å². The molecule has 97 heavy (non-hydrogen) atoms. The second kappa shape index (κ2) is 26.5. The average Bonchev–Trinajstić information content (AvgIpc) is 0.774. The molecule has 8 nitrogen and oxygen atoms in total. The number of rotatable bonds is 0. The Labute approximate surface area is 595 Å². The molecular weight excluding hydrogens is 1370 g/mol. The number of hydrogen-bond donors (Lipinski definition) is 8. The van der Waals surface area contributed by atoms with Crippen molar-refractivity contribution in [1.82, 2.24) is 0 Å². The molecule has 0 saturated carbocycles. The van der Waals surface area contributed by atoms with Gasteiger partial charge in [0.25, 0.3) is 0 Å². The van der Waals surface area contributed by atoms with Crippen molar-refractivity contribution in [3.8, 4) is 46.0 Å². The van der Waals surface area contributed by atoms with Crippen LogP contribution in [0.25, 0.3) is 0 Å². The van der Waals surface area contributed by atoms with E-state index in [1.54, 1.807) is 0 Å². The second-order valence-electron chi connectivity index (χ2n) is 36.6. The third kappa shape index (κ3) is 16.6. The van der Waals surface area contributed by atoms with E-state index in [2.05, 4.69) is 263 Å². The maximum absolute atomic E-state index is 11.9. The summed E-state index contributed by atoms with van der Waals surface area (Å²) in [5, 5.41) is 95.2. The van der Waals surface area contributed by atoms with Crippen LogP contribution in [-0.4, -0.2) is 40.9 Å². The Balaban J connectivity index is 0.000000245. The average molecular weight is 1480 g/mol. The summed E-state index contributed by atoms with van der Waals surface area (Å²) in [4.78, 5) is 0. The fourth-order valence-electron chi connectivity index (χ4n) is 13.3. The van der Waals surface area contributed by atoms with Crippen molar-refractivity contribution in [3.63, 3.8) is 0 Å². The minimum atomic E-state index is -0.190. The fraction of sp³-hybridized carbons (Fsp3) is 0.455. The van der Waals surface area contributed by atoms with Crippen LogP contribution in [0.15, 0.2) is 97.1 Å². The number of phenolic OH excluding ortho intramolecular Hbond substituents is 8. The molecule has 0 radical (unpaired) electrons. The summed E-state index contributed by atoms with van der Waals surface area (Å²) in [6.45, 7) is 51.9. The number of fused-ring (bicyclic) bond motifs is 16. The van der Waals surface area contributed by atoms with Crippen molar-refractivity contribution in [2.45, 2.75) is 261 Å². The summed E-state index contributed by atoms with van der Waals surface area (Å²) in [5.41, 5.74) is 19.0. The molecule has 0 saturated heterocycles. The second-order valence-corrected chi connectivity index (χ2v) is 36.6. The molecule has 0 fully saturated rings. The number of aromatic hydroxyl groups is 8. The molecule has 2 aliphatic rings. The van der Waals surface area contributed by atoms with Gasteiger partial charge in [0.2, 0.25) is 0 Å². The molecule has 8 aromatic carbocycles. The van der Waals surface area contributed by atoms with E-state index in [-0.39, 0.29) is 110 Å². The van der Waals surface area contributed by atoms with Crippen molar-refractivity contribution in [1.29, 1.82) is 0 Å². The summed E-state index contributed by atoms with van der Waals surface area (Å²) in [6, 6.07) is 33.0. The zero-order valence-corrected chi connectivity index (χ0v) is 65.8. The van der Waals surface area contributed by atoms with Crippen molar-refractivity contribution in [3.05, 3.63) is 231 Å². The zero-order chi connectivity index (χ0) is 71.4. The summed E-state index contributed by atoms with van der Waals surface area (Å²) < 4.78 is 0. The molecule has 8 aromatic rings. The van der Waals surface area contributed by atoms with Crippen molar-refractivity contribution < 1.29 is 61.9 Å². The van der Waals surface area contributed by atoms with Crippen LogP contribution in [0.1, 0.15) is 300 Å². The topological polar surface area (TPSA) is 162 Å². The Bertz CT molecular complexity index is 3310. The van der Waals surface area contributed by atoms with E-state index in [1.807, 2.05) is 0 Å². The summed E-state index contributed by atoms with van der Waals surface area (Å²) in [7, 11) is 0. The van der Waals surface area contributed by atoms with Crippen LogP contribution in [0.3, 0.4) is 0 Å². The molecule has 0 spiro atoms. The largest absolute Gasteiger partial charge is 0.507 e. The predicted molar refractivity (Wildman–Crippen MR) is 397 cm³/mol. The van der Waals surface area contributed by atoms with Gasteiger partial charge in [0.1, 0.15) is 46.0 Å². The van der Waals surface area contributed by atoms with Crippen LogP contribution in [0.2, 0.25) is 0 Å². The van der Waals surface area contributed by atoms with Gasteiger partial charge in [-0.1, -0.05) is 263 Å². The quantitative estimate of drug-likeness (QED) is 0.0744. The smallest absolute Gasteiger partial charge is 0.122 e. The third-order valence-corrected chi connectivity index (χ3v) is 20.1. The Morgan fingerprint density at radius 3 is 0.268 bits per heavy atom. The predicted octanol–water partition coefficient (Wildman–Crippen LogP) is 20.7. The van der Waals surface area contributed by atoms with Gasteiger partial charge in [-0.2, -0.15) is 0 Å². The molecule has 0 atom stereocenters. The molecular formula is C88H112O8W. The van der Waals surface area contributed by atoms with Crippen LogP contribution >= 0.6 is 0 Å². The maximum Gasteiger partial charge on any atom is 0.122 e. The van der Waals surface area contributed by atoms with E-state index < -0.39 is 0 Å². The normalized spacial score (nSPS) is 14.1. The van der Waals surface area contributed by atoms with Gasteiger partial charge in [0.15, 0.2) is 0 Å². The molecule has 2 aliphatic carbocycles. The molecule has 518 valence electrons. The molecule has 0 aromatic heterocycles. The summed E-state index contributed by atoms with van der Waals surface area (Å²) in [6.07, 6.45) is 2.70. The fourth-order valence-corrected chi connectivity index (χ4v) is 13.3. The molecule has 9 heteroatoms. The first-order chi connectivity index (χ1) is 43.9. The van der Waals surface area contributed by atoms with Gasteiger partial charge in [0.05, 0.1) is 0 Å². The van der Waals surface area contributed by atoms with Crippen molar-refractivity contribution in [2.75, 3.05) is 0 Å². The van der Waals surface area contributed by atoms with Gasteiger partial charge in [-0.25, -0.2) is 0 Å². The maximum atomic E-state index is 11.9. The molecule has 8 N–H and O–H groups in total. The van der Waals surface area contributed by atoms with Gasteiger partial charge in [-0.05, 0) is 177 Å². The molecule has 16 bridgehead atoms. The molecule has 0 aliphatic heterocycles. The van der Waals surface area contributed by atoms with Crippen LogP contribution < -0.4 is 0 Å². The SMILES string of the molecule is CC(C)(C)c1cc2c(O)c(c1)Cc1cc(C(C)(C)C)cc(c1O)Cc1cc(C(C)(C)C)cc(c1O)Cc1cc(C(C)(C)C)cc(c1O)C2.CC(C)(C)c1cc2c(O)c(c1)Cc1cc(C(C)(C)C)cc(c1O)Cc1cc(C(C)(C)C)cc(c1O)Cc1cc(C(C)(C)C)cc(c1O)C2.[W]. The van der Waals surface area contributed by atoms with E-state index in [1.165, 1.54) is 0 Å². The van der Waals surface area contributed by atoms with Crippen LogP contribution in [0, 0.1) is 0 Å². The summed E-state index contributed by atoms with van der Waals surface area (Å²) >= 11 is 0. The minimum absolute atomic E-state index is 0. The summed E-state index contributed by atoms with van der Waals surface area (Å²) in [5.74, 6) is 1.53. The van der Waals surface area contributed by atoms with Crippen LogP contribution in [-0.2, 0) is 116 Å². The van der Waals surface area contributed by atoms with Gasteiger partial charge >= 0.3 is 0 Å². The number of benzene rings is 8. The molecule has 10 rings (SSSR count). The Kier molecular flexibility index (Phi) is 20.7. The van der Waals surface area contributed by atoms with Crippen LogP contribution in [0.5, 0.6) is 46.0 Å². The van der Waals surface area contributed by atoms with Crippen molar-refractivity contribution in [2.24, 2.45) is 0 Å². The van der Waals surface area contributed by atoms with Gasteiger partial charge in [-0.3, -0.25) is 0 Å². The number of phenols is 8. The van der Waals surface area contributed by atoms with E-state index >= 15 is 0 Å². The van der Waals surface area contributed by atoms with Crippen LogP contribution in [0.4, 0.5) is 0 Å².